The van der Waals surface area contributed by atoms with E-state index >= 15 is 0 Å². The molecule has 17 heavy (non-hydrogen) atoms. The molecule has 0 bridgehead atoms. The van der Waals surface area contributed by atoms with Crippen LogP contribution >= 0.6 is 12.2 Å². The largest absolute Gasteiger partial charge is 0.383 e. The molecule has 0 aliphatic carbocycles. The zero-order valence-corrected chi connectivity index (χ0v) is 10.6. The predicted octanol–water partition coefficient (Wildman–Crippen LogP) is 1.96. The lowest BCUT2D eigenvalue weighted by Gasteiger charge is -2.07. The molecule has 0 aliphatic heterocycles. The lowest BCUT2D eigenvalue weighted by molar-refractivity contribution is 0.187. The fourth-order valence-corrected chi connectivity index (χ4v) is 1.86. The SMILES string of the molecule is COCCn1c(-c2cccnc2C)n[nH]c1=S. The Morgan fingerprint density at radius 1 is 1.53 bits per heavy atom. The van der Waals surface area contributed by atoms with Crippen LogP contribution in [0, 0.1) is 11.7 Å². The predicted molar refractivity (Wildman–Crippen MR) is 67.3 cm³/mol. The third kappa shape index (κ3) is 2.42. The van der Waals surface area contributed by atoms with E-state index in [1.54, 1.807) is 13.3 Å². The van der Waals surface area contributed by atoms with Crippen LogP contribution in [0.2, 0.25) is 0 Å². The highest BCUT2D eigenvalue weighted by atomic mass is 32.1. The number of methoxy groups -OCH3 is 1. The molecule has 0 atom stereocenters. The number of aromatic amines is 1. The van der Waals surface area contributed by atoms with Crippen LogP contribution in [0.4, 0.5) is 0 Å². The average Bonchev–Trinajstić information content (AvgIpc) is 2.69. The van der Waals surface area contributed by atoms with Gasteiger partial charge in [-0.2, -0.15) is 5.10 Å². The van der Waals surface area contributed by atoms with Gasteiger partial charge in [0.2, 0.25) is 0 Å². The van der Waals surface area contributed by atoms with Crippen molar-refractivity contribution in [3.63, 3.8) is 0 Å². The summed E-state index contributed by atoms with van der Waals surface area (Å²) in [5, 5.41) is 7.05. The number of nitrogens with zero attached hydrogens (tertiary/aromatic N) is 3. The minimum atomic E-state index is 0.597. The zero-order chi connectivity index (χ0) is 12.3. The van der Waals surface area contributed by atoms with E-state index in [-0.39, 0.29) is 0 Å². The Kier molecular flexibility index (Phi) is 3.65. The molecular formula is C11H14N4OS. The van der Waals surface area contributed by atoms with Crippen LogP contribution in [0.5, 0.6) is 0 Å². The lowest BCUT2D eigenvalue weighted by atomic mass is 10.2. The highest BCUT2D eigenvalue weighted by molar-refractivity contribution is 7.71. The Morgan fingerprint density at radius 2 is 2.35 bits per heavy atom. The summed E-state index contributed by atoms with van der Waals surface area (Å²) in [6, 6.07) is 3.87. The number of ether oxygens (including phenoxy) is 1. The molecular weight excluding hydrogens is 236 g/mol. The van der Waals surface area contributed by atoms with Gasteiger partial charge in [0.15, 0.2) is 10.6 Å². The number of H-pyrrole nitrogens is 1. The number of hydrogen-bond donors (Lipinski definition) is 1. The molecule has 5 nitrogen and oxygen atoms in total. The van der Waals surface area contributed by atoms with Gasteiger partial charge in [-0.15, -0.1) is 0 Å². The Balaban J connectivity index is 2.46. The molecule has 2 aromatic rings. The first-order chi connectivity index (χ1) is 8.24. The first-order valence-electron chi connectivity index (χ1n) is 5.30. The Hall–Kier alpha value is -1.53. The molecule has 0 fully saturated rings. The Morgan fingerprint density at radius 3 is 3.06 bits per heavy atom. The van der Waals surface area contributed by atoms with Crippen molar-refractivity contribution in [3.8, 4) is 11.4 Å². The maximum atomic E-state index is 5.20. The number of aromatic nitrogens is 4. The van der Waals surface area contributed by atoms with Crippen molar-refractivity contribution in [2.75, 3.05) is 13.7 Å². The molecule has 0 radical (unpaired) electrons. The van der Waals surface area contributed by atoms with Crippen molar-refractivity contribution in [1.29, 1.82) is 0 Å². The van der Waals surface area contributed by atoms with Crippen LogP contribution < -0.4 is 0 Å². The van der Waals surface area contributed by atoms with Gasteiger partial charge in [0.1, 0.15) is 0 Å². The summed E-state index contributed by atoms with van der Waals surface area (Å²) in [6.45, 7) is 3.23. The summed E-state index contributed by atoms with van der Waals surface area (Å²) in [6.07, 6.45) is 1.76. The van der Waals surface area contributed by atoms with Crippen LogP contribution in [0.15, 0.2) is 18.3 Å². The molecule has 0 aliphatic rings. The highest BCUT2D eigenvalue weighted by Gasteiger charge is 2.10. The van der Waals surface area contributed by atoms with Gasteiger partial charge in [-0.25, -0.2) is 0 Å². The normalized spacial score (nSPS) is 10.7. The lowest BCUT2D eigenvalue weighted by Crippen LogP contribution is -2.06. The first-order valence-corrected chi connectivity index (χ1v) is 5.71. The monoisotopic (exact) mass is 250 g/mol. The standard InChI is InChI=1S/C11H14N4OS/c1-8-9(4-3-5-12-8)10-13-14-11(17)15(10)6-7-16-2/h3-5H,6-7H2,1-2H3,(H,14,17). The molecule has 0 aromatic carbocycles. The minimum Gasteiger partial charge on any atom is -0.383 e. The average molecular weight is 250 g/mol. The van der Waals surface area contributed by atoms with Gasteiger partial charge in [-0.1, -0.05) is 0 Å². The van der Waals surface area contributed by atoms with Crippen LogP contribution in [-0.2, 0) is 11.3 Å². The molecule has 2 rings (SSSR count). The van der Waals surface area contributed by atoms with Crippen molar-refractivity contribution < 1.29 is 4.74 Å². The van der Waals surface area contributed by atoms with E-state index in [4.69, 9.17) is 17.0 Å². The second-order valence-electron chi connectivity index (χ2n) is 3.63. The van der Waals surface area contributed by atoms with Crippen LogP contribution in [0.25, 0.3) is 11.4 Å². The van der Waals surface area contributed by atoms with Gasteiger partial charge in [0, 0.05) is 24.6 Å². The van der Waals surface area contributed by atoms with Gasteiger partial charge >= 0.3 is 0 Å². The third-order valence-electron chi connectivity index (χ3n) is 2.53. The van der Waals surface area contributed by atoms with E-state index in [1.165, 1.54) is 0 Å². The summed E-state index contributed by atoms with van der Waals surface area (Å²) in [5.74, 6) is 0.803. The number of rotatable bonds is 4. The molecule has 0 saturated heterocycles. The fraction of sp³-hybridized carbons (Fsp3) is 0.364. The van der Waals surface area contributed by atoms with Gasteiger partial charge in [0.05, 0.1) is 13.2 Å². The molecule has 0 amide bonds. The van der Waals surface area contributed by atoms with Crippen molar-refractivity contribution >= 4 is 12.2 Å². The number of aryl methyl sites for hydroxylation is 1. The zero-order valence-electron chi connectivity index (χ0n) is 9.80. The smallest absolute Gasteiger partial charge is 0.195 e. The number of nitrogens with one attached hydrogen (secondary N) is 1. The molecule has 2 heterocycles. The minimum absolute atomic E-state index is 0.597. The molecule has 1 N–H and O–H groups in total. The third-order valence-corrected chi connectivity index (χ3v) is 2.84. The summed E-state index contributed by atoms with van der Waals surface area (Å²) < 4.78 is 7.58. The molecule has 2 aromatic heterocycles. The van der Waals surface area contributed by atoms with Crippen molar-refractivity contribution in [1.82, 2.24) is 19.7 Å². The van der Waals surface area contributed by atoms with E-state index in [2.05, 4.69) is 15.2 Å². The van der Waals surface area contributed by atoms with Crippen molar-refractivity contribution in [2.24, 2.45) is 0 Å². The topological polar surface area (TPSA) is 55.7 Å². The van der Waals surface area contributed by atoms with E-state index in [1.807, 2.05) is 23.6 Å². The van der Waals surface area contributed by atoms with E-state index in [9.17, 15) is 0 Å². The van der Waals surface area contributed by atoms with Crippen molar-refractivity contribution in [3.05, 3.63) is 28.8 Å². The van der Waals surface area contributed by atoms with E-state index < -0.39 is 0 Å². The van der Waals surface area contributed by atoms with Gasteiger partial charge in [0.25, 0.3) is 0 Å². The summed E-state index contributed by atoms with van der Waals surface area (Å²) in [5.41, 5.74) is 1.91. The quantitative estimate of drug-likeness (QED) is 0.843. The summed E-state index contributed by atoms with van der Waals surface area (Å²) >= 11 is 5.20. The Labute approximate surface area is 104 Å². The van der Waals surface area contributed by atoms with Crippen LogP contribution in [-0.4, -0.2) is 33.5 Å². The van der Waals surface area contributed by atoms with Gasteiger partial charge in [-0.05, 0) is 31.3 Å². The summed E-state index contributed by atoms with van der Waals surface area (Å²) in [7, 11) is 1.67. The van der Waals surface area contributed by atoms with Crippen molar-refractivity contribution in [2.45, 2.75) is 13.5 Å². The maximum Gasteiger partial charge on any atom is 0.195 e. The number of hydrogen-bond acceptors (Lipinski definition) is 4. The van der Waals surface area contributed by atoms with E-state index in [0.29, 0.717) is 17.9 Å². The number of pyridine rings is 1. The van der Waals surface area contributed by atoms with E-state index in [0.717, 1.165) is 17.1 Å². The van der Waals surface area contributed by atoms with Crippen LogP contribution in [0.3, 0.4) is 0 Å². The highest BCUT2D eigenvalue weighted by Crippen LogP contribution is 2.19. The molecule has 6 heteroatoms. The van der Waals surface area contributed by atoms with Gasteiger partial charge < -0.3 is 4.74 Å². The molecule has 0 unspecified atom stereocenters. The Bertz CT molecular complexity index is 561. The molecule has 90 valence electrons. The second-order valence-corrected chi connectivity index (χ2v) is 4.02. The first kappa shape index (κ1) is 11.9. The van der Waals surface area contributed by atoms with Gasteiger partial charge in [-0.3, -0.25) is 14.6 Å². The molecule has 0 spiro atoms. The second kappa shape index (κ2) is 5.20. The summed E-state index contributed by atoms with van der Waals surface area (Å²) in [4.78, 5) is 4.25. The maximum absolute atomic E-state index is 5.20. The molecule has 0 saturated carbocycles. The van der Waals surface area contributed by atoms with Crippen LogP contribution in [0.1, 0.15) is 5.69 Å². The fourth-order valence-electron chi connectivity index (χ4n) is 1.63.